The van der Waals surface area contributed by atoms with E-state index in [1.54, 1.807) is 0 Å². The van der Waals surface area contributed by atoms with Crippen LogP contribution < -0.4 is 9.80 Å². The third-order valence-corrected chi connectivity index (χ3v) is 12.5. The van der Waals surface area contributed by atoms with Crippen molar-refractivity contribution in [3.8, 4) is 5.69 Å². The monoisotopic (exact) mass is 836 g/mol. The minimum atomic E-state index is -0.183. The molecule has 1 aromatic heterocycles. The molecule has 0 saturated carbocycles. The van der Waals surface area contributed by atoms with Gasteiger partial charge in [0.1, 0.15) is 6.33 Å². The quantitative estimate of drug-likeness (QED) is 0.160. The van der Waals surface area contributed by atoms with Crippen molar-refractivity contribution in [2.24, 2.45) is 0 Å². The Morgan fingerprint density at radius 2 is 0.935 bits per heavy atom. The van der Waals surface area contributed by atoms with E-state index in [9.17, 15) is 0 Å². The standard InChI is InChI=1S/C57H61ClN4/c1-54(2,3)39-23-28-43(29-24-39)61(49-22-15-18-38-17-13-14-21-47(38)49)45-19-16-20-46(36-45)62(44-30-25-40(26-31-44)55(4,5)6)52-35-42(57(10,11)12)34-51(53(52)58)60-37-59-48-33-41(56(7,8)9)27-32-50(48)60/h13-37H,1-12H3. The average molecular weight is 838 g/mol. The van der Waals surface area contributed by atoms with Gasteiger partial charge in [-0.25, -0.2) is 4.98 Å². The minimum Gasteiger partial charge on any atom is -0.310 e. The first-order valence-corrected chi connectivity index (χ1v) is 22.3. The molecule has 0 unspecified atom stereocenters. The predicted molar refractivity (Wildman–Crippen MR) is 268 cm³/mol. The SMILES string of the molecule is CC(C)(C)c1ccc(N(c2cccc(N(c3ccc(C(C)(C)C)cc3)c3cccc4ccccc34)c2)c2cc(C(C)(C)C)cc(-n3cnc4cc(C(C)(C)C)ccc43)c2Cl)cc1. The van der Waals surface area contributed by atoms with Gasteiger partial charge in [-0.15, -0.1) is 0 Å². The summed E-state index contributed by atoms with van der Waals surface area (Å²) in [6.07, 6.45) is 1.92. The third-order valence-electron chi connectivity index (χ3n) is 12.2. The van der Waals surface area contributed by atoms with E-state index >= 15 is 0 Å². The first-order chi connectivity index (χ1) is 29.2. The molecule has 8 rings (SSSR count). The highest BCUT2D eigenvalue weighted by Crippen LogP contribution is 2.47. The number of hydrogen-bond donors (Lipinski definition) is 0. The van der Waals surface area contributed by atoms with Gasteiger partial charge in [-0.2, -0.15) is 0 Å². The number of halogens is 1. The van der Waals surface area contributed by atoms with Gasteiger partial charge >= 0.3 is 0 Å². The van der Waals surface area contributed by atoms with E-state index in [-0.39, 0.29) is 21.7 Å². The van der Waals surface area contributed by atoms with Crippen molar-refractivity contribution < 1.29 is 0 Å². The second-order valence-corrected chi connectivity index (χ2v) is 21.3. The summed E-state index contributed by atoms with van der Waals surface area (Å²) in [5.74, 6) is 0. The van der Waals surface area contributed by atoms with Crippen LogP contribution in [0, 0.1) is 0 Å². The second-order valence-electron chi connectivity index (χ2n) is 20.9. The molecule has 0 aliphatic heterocycles. The Balaban J connectivity index is 1.37. The van der Waals surface area contributed by atoms with E-state index in [0.29, 0.717) is 5.02 Å². The highest BCUT2D eigenvalue weighted by atomic mass is 35.5. The molecule has 0 radical (unpaired) electrons. The normalized spacial score (nSPS) is 12.6. The molecule has 1 heterocycles. The van der Waals surface area contributed by atoms with E-state index in [0.717, 1.165) is 50.8 Å². The summed E-state index contributed by atoms with van der Waals surface area (Å²) in [5.41, 5.74) is 13.8. The third kappa shape index (κ3) is 8.38. The van der Waals surface area contributed by atoms with Gasteiger partial charge in [-0.05, 0) is 122 Å². The number of aromatic nitrogens is 2. The lowest BCUT2D eigenvalue weighted by Gasteiger charge is -2.32. The molecule has 0 aliphatic carbocycles. The molecule has 4 nitrogen and oxygen atoms in total. The van der Waals surface area contributed by atoms with Gasteiger partial charge in [0.2, 0.25) is 0 Å². The van der Waals surface area contributed by atoms with E-state index in [1.165, 1.54) is 33.0 Å². The molecule has 0 amide bonds. The lowest BCUT2D eigenvalue weighted by atomic mass is 9.86. The highest BCUT2D eigenvalue weighted by Gasteiger charge is 2.27. The zero-order chi connectivity index (χ0) is 44.4. The maximum Gasteiger partial charge on any atom is 0.100 e. The van der Waals surface area contributed by atoms with Gasteiger partial charge in [0, 0.05) is 28.1 Å². The lowest BCUT2D eigenvalue weighted by molar-refractivity contribution is 0.589. The Kier molecular flexibility index (Phi) is 10.9. The Morgan fingerprint density at radius 3 is 1.50 bits per heavy atom. The van der Waals surface area contributed by atoms with Gasteiger partial charge in [-0.1, -0.05) is 167 Å². The van der Waals surface area contributed by atoms with Crippen molar-refractivity contribution in [3.63, 3.8) is 0 Å². The van der Waals surface area contributed by atoms with Gasteiger partial charge in [0.25, 0.3) is 0 Å². The van der Waals surface area contributed by atoms with E-state index in [1.807, 2.05) is 6.33 Å². The molecule has 0 bridgehead atoms. The summed E-state index contributed by atoms with van der Waals surface area (Å²) in [7, 11) is 0. The van der Waals surface area contributed by atoms with E-state index in [2.05, 4.69) is 243 Å². The summed E-state index contributed by atoms with van der Waals surface area (Å²) in [6, 6.07) is 53.3. The molecule has 8 aromatic rings. The fourth-order valence-electron chi connectivity index (χ4n) is 8.29. The van der Waals surface area contributed by atoms with Crippen LogP contribution in [0.5, 0.6) is 0 Å². The van der Waals surface area contributed by atoms with Crippen molar-refractivity contribution in [3.05, 3.63) is 179 Å². The molecule has 0 fully saturated rings. The number of nitrogens with zero attached hydrogens (tertiary/aromatic N) is 4. The van der Waals surface area contributed by atoms with Crippen LogP contribution in [0.25, 0.3) is 27.5 Å². The van der Waals surface area contributed by atoms with Crippen LogP contribution in [0.1, 0.15) is 105 Å². The minimum absolute atomic E-state index is 0.00290. The van der Waals surface area contributed by atoms with Crippen LogP contribution in [-0.4, -0.2) is 9.55 Å². The van der Waals surface area contributed by atoms with Crippen LogP contribution in [0.15, 0.2) is 152 Å². The van der Waals surface area contributed by atoms with Crippen LogP contribution >= 0.6 is 11.6 Å². The van der Waals surface area contributed by atoms with Crippen LogP contribution in [0.4, 0.5) is 34.1 Å². The average Bonchev–Trinajstić information content (AvgIpc) is 3.64. The van der Waals surface area contributed by atoms with Gasteiger partial charge in [0.15, 0.2) is 0 Å². The van der Waals surface area contributed by atoms with Crippen molar-refractivity contribution >= 4 is 67.5 Å². The van der Waals surface area contributed by atoms with Crippen molar-refractivity contribution in [2.75, 3.05) is 9.80 Å². The predicted octanol–water partition coefficient (Wildman–Crippen LogP) is 17.0. The highest BCUT2D eigenvalue weighted by molar-refractivity contribution is 6.35. The fraction of sp³-hybridized carbons (Fsp3) is 0.281. The topological polar surface area (TPSA) is 24.3 Å². The smallest absolute Gasteiger partial charge is 0.100 e. The Morgan fingerprint density at radius 1 is 0.435 bits per heavy atom. The zero-order valence-corrected chi connectivity index (χ0v) is 39.4. The fourth-order valence-corrected chi connectivity index (χ4v) is 8.57. The molecule has 0 atom stereocenters. The number of hydrogen-bond acceptors (Lipinski definition) is 3. The summed E-state index contributed by atoms with van der Waals surface area (Å²) in [5, 5.41) is 3.02. The molecule has 316 valence electrons. The summed E-state index contributed by atoms with van der Waals surface area (Å²) in [6.45, 7) is 27.1. The number of imidazole rings is 1. The lowest BCUT2D eigenvalue weighted by Crippen LogP contribution is -2.18. The van der Waals surface area contributed by atoms with Gasteiger partial charge in [0.05, 0.1) is 33.1 Å². The van der Waals surface area contributed by atoms with Crippen LogP contribution in [0.3, 0.4) is 0 Å². The van der Waals surface area contributed by atoms with Crippen molar-refractivity contribution in [1.29, 1.82) is 0 Å². The second kappa shape index (κ2) is 15.8. The van der Waals surface area contributed by atoms with Gasteiger partial charge < -0.3 is 9.80 Å². The van der Waals surface area contributed by atoms with Crippen LogP contribution in [0.2, 0.25) is 5.02 Å². The molecule has 0 N–H and O–H groups in total. The zero-order valence-electron chi connectivity index (χ0n) is 38.6. The van der Waals surface area contributed by atoms with Crippen molar-refractivity contribution in [1.82, 2.24) is 9.55 Å². The first kappa shape index (κ1) is 42.8. The van der Waals surface area contributed by atoms with Crippen molar-refractivity contribution in [2.45, 2.75) is 105 Å². The maximum atomic E-state index is 7.84. The van der Waals surface area contributed by atoms with Crippen LogP contribution in [-0.2, 0) is 21.7 Å². The van der Waals surface area contributed by atoms with E-state index in [4.69, 9.17) is 16.6 Å². The number of fused-ring (bicyclic) bond motifs is 2. The number of benzene rings is 7. The Bertz CT molecular complexity index is 2890. The number of anilines is 6. The molecular formula is C57H61ClN4. The molecular weight excluding hydrogens is 776 g/mol. The molecule has 0 aliphatic rings. The summed E-state index contributed by atoms with van der Waals surface area (Å²) in [4.78, 5) is 9.66. The van der Waals surface area contributed by atoms with Gasteiger partial charge in [-0.3, -0.25) is 4.57 Å². The molecule has 5 heteroatoms. The van der Waals surface area contributed by atoms with E-state index < -0.39 is 0 Å². The first-order valence-electron chi connectivity index (χ1n) is 21.9. The Labute approximate surface area is 374 Å². The maximum absolute atomic E-state index is 7.84. The number of rotatable bonds is 7. The molecule has 7 aromatic carbocycles. The molecule has 0 spiro atoms. The summed E-state index contributed by atoms with van der Waals surface area (Å²) >= 11 is 7.84. The molecule has 62 heavy (non-hydrogen) atoms. The molecule has 0 saturated heterocycles. The summed E-state index contributed by atoms with van der Waals surface area (Å²) < 4.78 is 2.16. The Hall–Kier alpha value is -5.84. The largest absolute Gasteiger partial charge is 0.310 e.